The second kappa shape index (κ2) is 13.2. The van der Waals surface area contributed by atoms with Gasteiger partial charge in [0.15, 0.2) is 17.5 Å². The third-order valence-electron chi connectivity index (χ3n) is 10.5. The number of para-hydroxylation sites is 1. The number of rotatable bonds is 7. The SMILES string of the molecule is Cc1cc2c3ccccc3n(-c3cccc(-c4ccccc4-c4nc(-c5ccccc5)nc(-c5ccccc5)n4)c3)c2cc1C(C)(C)c1ccccc1. The minimum Gasteiger partial charge on any atom is -0.309 e. The number of aromatic nitrogens is 4. The van der Waals surface area contributed by atoms with Crippen molar-refractivity contribution in [2.75, 3.05) is 0 Å². The molecule has 9 rings (SSSR count). The Kier molecular flexibility index (Phi) is 8.01. The molecule has 0 spiro atoms. The lowest BCUT2D eigenvalue weighted by atomic mass is 9.76. The number of aryl methyl sites for hydroxylation is 1. The smallest absolute Gasteiger partial charge is 0.164 e. The van der Waals surface area contributed by atoms with Crippen molar-refractivity contribution in [1.82, 2.24) is 19.5 Å². The molecule has 0 aliphatic heterocycles. The summed E-state index contributed by atoms with van der Waals surface area (Å²) < 4.78 is 2.42. The summed E-state index contributed by atoms with van der Waals surface area (Å²) in [5.41, 5.74) is 12.2. The molecule has 0 radical (unpaired) electrons. The van der Waals surface area contributed by atoms with E-state index in [2.05, 4.69) is 141 Å². The predicted octanol–water partition coefficient (Wildman–Crippen LogP) is 12.3. The molecule has 0 saturated heterocycles. The number of fused-ring (bicyclic) bond motifs is 3. The van der Waals surface area contributed by atoms with E-state index in [-0.39, 0.29) is 5.41 Å². The molecule has 254 valence electrons. The zero-order valence-electron chi connectivity index (χ0n) is 30.0. The van der Waals surface area contributed by atoms with Gasteiger partial charge in [-0.2, -0.15) is 0 Å². The maximum absolute atomic E-state index is 5.08. The van der Waals surface area contributed by atoms with E-state index in [1.54, 1.807) is 0 Å². The Hall–Kier alpha value is -6.65. The lowest BCUT2D eigenvalue weighted by Gasteiger charge is -2.28. The molecule has 4 heteroatoms. The molecule has 0 N–H and O–H groups in total. The summed E-state index contributed by atoms with van der Waals surface area (Å²) in [5.74, 6) is 1.93. The first-order chi connectivity index (χ1) is 26.0. The van der Waals surface area contributed by atoms with Crippen LogP contribution < -0.4 is 0 Å². The molecule has 0 aliphatic rings. The van der Waals surface area contributed by atoms with Crippen LogP contribution in [0.15, 0.2) is 176 Å². The van der Waals surface area contributed by atoms with Crippen molar-refractivity contribution in [2.24, 2.45) is 0 Å². The molecule has 9 aromatic rings. The van der Waals surface area contributed by atoms with Crippen molar-refractivity contribution in [2.45, 2.75) is 26.2 Å². The van der Waals surface area contributed by atoms with Crippen LogP contribution in [0, 0.1) is 6.92 Å². The minimum atomic E-state index is -0.177. The molecule has 0 atom stereocenters. The van der Waals surface area contributed by atoms with Gasteiger partial charge in [-0.1, -0.05) is 159 Å². The first kappa shape index (κ1) is 32.3. The van der Waals surface area contributed by atoms with Crippen LogP contribution >= 0.6 is 0 Å². The van der Waals surface area contributed by atoms with E-state index < -0.39 is 0 Å². The molecular formula is C49H38N4. The maximum Gasteiger partial charge on any atom is 0.164 e. The fourth-order valence-electron chi connectivity index (χ4n) is 7.76. The summed E-state index contributed by atoms with van der Waals surface area (Å²) in [7, 11) is 0. The van der Waals surface area contributed by atoms with Gasteiger partial charge in [-0.25, -0.2) is 15.0 Å². The molecule has 53 heavy (non-hydrogen) atoms. The number of hydrogen-bond acceptors (Lipinski definition) is 3. The molecule has 0 unspecified atom stereocenters. The summed E-state index contributed by atoms with van der Waals surface area (Å²) in [4.78, 5) is 15.1. The molecule has 0 aliphatic carbocycles. The number of benzene rings is 7. The zero-order chi connectivity index (χ0) is 35.9. The average Bonchev–Trinajstić information content (AvgIpc) is 3.54. The highest BCUT2D eigenvalue weighted by molar-refractivity contribution is 6.10. The van der Waals surface area contributed by atoms with Gasteiger partial charge >= 0.3 is 0 Å². The quantitative estimate of drug-likeness (QED) is 0.168. The number of hydrogen-bond donors (Lipinski definition) is 0. The standard InChI is InChI=1S/C49H38N4/c1-33-30-42-40-27-15-16-29-44(40)53(45(42)32-43(33)49(2,3)37-23-11-6-12-24-37)38-25-17-22-36(31-38)39-26-13-14-28-41(39)48-51-46(34-18-7-4-8-19-34)50-47(52-48)35-20-9-5-10-21-35/h4-32H,1-3H3. The van der Waals surface area contributed by atoms with Crippen LogP contribution in [0.5, 0.6) is 0 Å². The van der Waals surface area contributed by atoms with Gasteiger partial charge in [0.25, 0.3) is 0 Å². The highest BCUT2D eigenvalue weighted by Crippen LogP contribution is 2.41. The summed E-state index contributed by atoms with van der Waals surface area (Å²) in [6.45, 7) is 6.90. The molecule has 4 nitrogen and oxygen atoms in total. The van der Waals surface area contributed by atoms with Crippen LogP contribution in [0.2, 0.25) is 0 Å². The van der Waals surface area contributed by atoms with E-state index in [1.807, 2.05) is 60.7 Å². The van der Waals surface area contributed by atoms with E-state index in [0.717, 1.165) is 33.5 Å². The molecule has 7 aromatic carbocycles. The average molecular weight is 683 g/mol. The molecule has 2 aromatic heterocycles. The van der Waals surface area contributed by atoms with Gasteiger partial charge in [0.2, 0.25) is 0 Å². The second-order valence-electron chi connectivity index (χ2n) is 14.2. The van der Waals surface area contributed by atoms with Crippen LogP contribution in [0.1, 0.15) is 30.5 Å². The van der Waals surface area contributed by atoms with Gasteiger partial charge in [0, 0.05) is 38.6 Å². The first-order valence-corrected chi connectivity index (χ1v) is 18.1. The normalized spacial score (nSPS) is 11.7. The predicted molar refractivity (Wildman–Crippen MR) is 219 cm³/mol. The third-order valence-corrected chi connectivity index (χ3v) is 10.5. The van der Waals surface area contributed by atoms with Gasteiger partial charge in [-0.15, -0.1) is 0 Å². The van der Waals surface area contributed by atoms with E-state index in [9.17, 15) is 0 Å². The van der Waals surface area contributed by atoms with E-state index in [0.29, 0.717) is 17.5 Å². The maximum atomic E-state index is 5.08. The first-order valence-electron chi connectivity index (χ1n) is 18.1. The van der Waals surface area contributed by atoms with Crippen LogP contribution in [0.25, 0.3) is 72.8 Å². The highest BCUT2D eigenvalue weighted by atomic mass is 15.0. The van der Waals surface area contributed by atoms with Crippen molar-refractivity contribution < 1.29 is 0 Å². The topological polar surface area (TPSA) is 43.6 Å². The lowest BCUT2D eigenvalue weighted by molar-refractivity contribution is 0.637. The van der Waals surface area contributed by atoms with Crippen molar-refractivity contribution in [3.8, 4) is 51.0 Å². The summed E-state index contributed by atoms with van der Waals surface area (Å²) in [6, 6.07) is 61.9. The fourth-order valence-corrected chi connectivity index (χ4v) is 7.76. The lowest BCUT2D eigenvalue weighted by Crippen LogP contribution is -2.20. The summed E-state index contributed by atoms with van der Waals surface area (Å²) in [5, 5.41) is 2.50. The van der Waals surface area contributed by atoms with Crippen molar-refractivity contribution >= 4 is 21.8 Å². The molecule has 0 amide bonds. The van der Waals surface area contributed by atoms with E-state index >= 15 is 0 Å². The molecule has 0 saturated carbocycles. The molecular weight excluding hydrogens is 645 g/mol. The van der Waals surface area contributed by atoms with Crippen LogP contribution in [-0.2, 0) is 5.41 Å². The number of nitrogens with zero attached hydrogens (tertiary/aromatic N) is 4. The van der Waals surface area contributed by atoms with Crippen LogP contribution in [-0.4, -0.2) is 19.5 Å². The summed E-state index contributed by atoms with van der Waals surface area (Å²) >= 11 is 0. The van der Waals surface area contributed by atoms with E-state index in [1.165, 1.54) is 38.5 Å². The Labute approximate surface area is 310 Å². The van der Waals surface area contributed by atoms with Crippen molar-refractivity contribution in [1.29, 1.82) is 0 Å². The van der Waals surface area contributed by atoms with Crippen molar-refractivity contribution in [3.05, 3.63) is 193 Å². The Bertz CT molecular complexity index is 2690. The molecule has 0 bridgehead atoms. The zero-order valence-corrected chi connectivity index (χ0v) is 30.0. The monoisotopic (exact) mass is 682 g/mol. The fraction of sp³-hybridized carbons (Fsp3) is 0.0816. The van der Waals surface area contributed by atoms with Gasteiger partial charge in [0.1, 0.15) is 0 Å². The van der Waals surface area contributed by atoms with Gasteiger partial charge in [-0.3, -0.25) is 0 Å². The van der Waals surface area contributed by atoms with E-state index in [4.69, 9.17) is 15.0 Å². The van der Waals surface area contributed by atoms with Gasteiger partial charge in [-0.05, 0) is 65.1 Å². The Morgan fingerprint density at radius 1 is 0.434 bits per heavy atom. The van der Waals surface area contributed by atoms with Gasteiger partial charge in [0.05, 0.1) is 11.0 Å². The third kappa shape index (κ3) is 5.79. The largest absolute Gasteiger partial charge is 0.309 e. The minimum absolute atomic E-state index is 0.177. The Balaban J connectivity index is 1.22. The van der Waals surface area contributed by atoms with Crippen molar-refractivity contribution in [3.63, 3.8) is 0 Å². The van der Waals surface area contributed by atoms with Gasteiger partial charge < -0.3 is 4.57 Å². The Morgan fingerprint density at radius 2 is 0.981 bits per heavy atom. The van der Waals surface area contributed by atoms with Crippen LogP contribution in [0.4, 0.5) is 0 Å². The molecule has 2 heterocycles. The molecule has 0 fully saturated rings. The summed E-state index contributed by atoms with van der Waals surface area (Å²) in [6.07, 6.45) is 0. The second-order valence-corrected chi connectivity index (χ2v) is 14.2. The Morgan fingerprint density at radius 3 is 1.66 bits per heavy atom. The highest BCUT2D eigenvalue weighted by Gasteiger charge is 2.27. The van der Waals surface area contributed by atoms with Crippen LogP contribution in [0.3, 0.4) is 0 Å².